The number of carbonyl (C=O) groups is 1. The molecule has 0 fully saturated rings. The number of fused-ring (bicyclic) bond motifs is 1. The van der Waals surface area contributed by atoms with Crippen LogP contribution >= 0.6 is 15.9 Å². The lowest BCUT2D eigenvalue weighted by Gasteiger charge is -2.12. The van der Waals surface area contributed by atoms with Crippen molar-refractivity contribution in [2.24, 2.45) is 5.10 Å². The van der Waals surface area contributed by atoms with Crippen LogP contribution in [-0.4, -0.2) is 35.4 Å². The van der Waals surface area contributed by atoms with Gasteiger partial charge >= 0.3 is 0 Å². The van der Waals surface area contributed by atoms with Crippen molar-refractivity contribution in [2.45, 2.75) is 6.92 Å². The van der Waals surface area contributed by atoms with E-state index in [9.17, 15) is 9.59 Å². The predicted octanol–water partition coefficient (Wildman–Crippen LogP) is 2.17. The van der Waals surface area contributed by atoms with Crippen molar-refractivity contribution in [3.05, 3.63) is 68.7 Å². The van der Waals surface area contributed by atoms with Crippen molar-refractivity contribution in [1.29, 1.82) is 0 Å². The van der Waals surface area contributed by atoms with Crippen LogP contribution in [0, 0.1) is 6.92 Å². The van der Waals surface area contributed by atoms with E-state index in [0.29, 0.717) is 16.7 Å². The lowest BCUT2D eigenvalue weighted by molar-refractivity contribution is -0.119. The number of methoxy groups -OCH3 is 1. The smallest absolute Gasteiger partial charge is 0.279 e. The quantitative estimate of drug-likeness (QED) is 0.449. The fourth-order valence-electron chi connectivity index (χ4n) is 2.51. The molecule has 2 N–H and O–H groups in total. The van der Waals surface area contributed by atoms with Gasteiger partial charge in [0, 0.05) is 4.47 Å². The van der Waals surface area contributed by atoms with Crippen molar-refractivity contribution >= 4 is 39.0 Å². The van der Waals surface area contributed by atoms with Crippen LogP contribution in [0.1, 0.15) is 11.4 Å². The summed E-state index contributed by atoms with van der Waals surface area (Å²) in [7, 11) is 1.59. The second kappa shape index (κ2) is 8.66. The first-order valence-corrected chi connectivity index (χ1v) is 9.16. The van der Waals surface area contributed by atoms with Gasteiger partial charge in [0.2, 0.25) is 0 Å². The molecule has 1 amide bonds. The molecule has 0 saturated heterocycles. The van der Waals surface area contributed by atoms with E-state index < -0.39 is 5.91 Å². The summed E-state index contributed by atoms with van der Waals surface area (Å²) in [6.45, 7) is 1.55. The highest BCUT2D eigenvalue weighted by Crippen LogP contribution is 2.15. The van der Waals surface area contributed by atoms with Crippen LogP contribution in [0.15, 0.2) is 56.8 Å². The molecule has 0 aliphatic rings. The molecule has 1 heterocycles. The minimum Gasteiger partial charge on any atom is -0.497 e. The Balaban J connectivity index is 1.64. The van der Waals surface area contributed by atoms with Crippen LogP contribution in [0.5, 0.6) is 5.75 Å². The molecule has 2 aromatic carbocycles. The van der Waals surface area contributed by atoms with Gasteiger partial charge < -0.3 is 10.2 Å². The molecule has 1 aromatic heterocycles. The average molecular weight is 444 g/mol. The van der Waals surface area contributed by atoms with Gasteiger partial charge in [0.25, 0.3) is 11.5 Å². The number of nitrogens with one attached hydrogen (secondary N) is 2. The normalized spacial score (nSPS) is 11.0. The predicted molar refractivity (Wildman–Crippen MR) is 111 cm³/mol. The third-order valence-electron chi connectivity index (χ3n) is 3.91. The van der Waals surface area contributed by atoms with Gasteiger partial charge in [-0.2, -0.15) is 5.10 Å². The molecule has 0 aliphatic carbocycles. The second-order valence-corrected chi connectivity index (χ2v) is 6.78. The monoisotopic (exact) mass is 443 g/mol. The van der Waals surface area contributed by atoms with E-state index in [-0.39, 0.29) is 12.1 Å². The minimum absolute atomic E-state index is 0.137. The van der Waals surface area contributed by atoms with Crippen molar-refractivity contribution < 1.29 is 9.53 Å². The number of hydrazone groups is 1. The average Bonchev–Trinajstić information content (AvgIpc) is 2.69. The molecular weight excluding hydrogens is 426 g/mol. The number of aryl methyl sites for hydroxylation is 1. The van der Waals surface area contributed by atoms with Gasteiger partial charge in [-0.25, -0.2) is 15.1 Å². The number of amides is 1. The van der Waals surface area contributed by atoms with E-state index in [1.165, 1.54) is 10.9 Å². The zero-order valence-corrected chi connectivity index (χ0v) is 16.9. The van der Waals surface area contributed by atoms with E-state index in [0.717, 1.165) is 15.8 Å². The Bertz CT molecular complexity index is 1090. The number of hydrogen-bond donors (Lipinski definition) is 2. The summed E-state index contributed by atoms with van der Waals surface area (Å²) in [6, 6.07) is 12.5. The topological polar surface area (TPSA) is 97.6 Å². The largest absolute Gasteiger partial charge is 0.497 e. The maximum atomic E-state index is 12.6. The second-order valence-electron chi connectivity index (χ2n) is 5.86. The van der Waals surface area contributed by atoms with Crippen LogP contribution in [0.3, 0.4) is 0 Å². The van der Waals surface area contributed by atoms with Crippen molar-refractivity contribution in [3.8, 4) is 5.75 Å². The molecule has 0 saturated carbocycles. The molecule has 0 aliphatic heterocycles. The summed E-state index contributed by atoms with van der Waals surface area (Å²) in [6.07, 6.45) is 1.52. The first kappa shape index (κ1) is 19.6. The first-order chi connectivity index (χ1) is 13.5. The Hall–Kier alpha value is -3.20. The number of aromatic nitrogens is 2. The fraction of sp³-hybridized carbons (Fsp3) is 0.158. The van der Waals surface area contributed by atoms with E-state index >= 15 is 0 Å². The van der Waals surface area contributed by atoms with Crippen LogP contribution in [0.2, 0.25) is 0 Å². The molecule has 0 unspecified atom stereocenters. The first-order valence-electron chi connectivity index (χ1n) is 8.36. The van der Waals surface area contributed by atoms with Crippen molar-refractivity contribution in [3.63, 3.8) is 0 Å². The van der Waals surface area contributed by atoms with E-state index in [1.807, 2.05) is 18.2 Å². The molecule has 28 heavy (non-hydrogen) atoms. The van der Waals surface area contributed by atoms with Crippen LogP contribution in [0.25, 0.3) is 10.9 Å². The van der Waals surface area contributed by atoms with Crippen molar-refractivity contribution in [1.82, 2.24) is 15.1 Å². The summed E-state index contributed by atoms with van der Waals surface area (Å²) < 4.78 is 7.11. The molecular formula is C19H18BrN5O3. The highest BCUT2D eigenvalue weighted by Gasteiger charge is 2.09. The summed E-state index contributed by atoms with van der Waals surface area (Å²) in [5.41, 5.74) is 6.31. The van der Waals surface area contributed by atoms with Gasteiger partial charge in [0.15, 0.2) is 0 Å². The maximum absolute atomic E-state index is 12.6. The molecule has 3 aromatic rings. The lowest BCUT2D eigenvalue weighted by atomic mass is 10.2. The van der Waals surface area contributed by atoms with Gasteiger partial charge in [-0.3, -0.25) is 9.59 Å². The Kier molecular flexibility index (Phi) is 6.05. The highest BCUT2D eigenvalue weighted by atomic mass is 79.9. The maximum Gasteiger partial charge on any atom is 0.279 e. The Morgan fingerprint density at radius 3 is 2.75 bits per heavy atom. The molecule has 0 spiro atoms. The Morgan fingerprint density at radius 2 is 2.04 bits per heavy atom. The number of hydrogen-bond acceptors (Lipinski definition) is 6. The zero-order chi connectivity index (χ0) is 20.1. The number of nitrogens with zero attached hydrogens (tertiary/aromatic N) is 3. The van der Waals surface area contributed by atoms with Gasteiger partial charge in [-0.05, 0) is 55.0 Å². The molecule has 0 bridgehead atoms. The minimum atomic E-state index is -0.398. The van der Waals surface area contributed by atoms with Crippen LogP contribution in [-0.2, 0) is 4.79 Å². The van der Waals surface area contributed by atoms with E-state index in [1.54, 1.807) is 38.3 Å². The molecule has 3 rings (SSSR count). The third-order valence-corrected chi connectivity index (χ3v) is 4.41. The van der Waals surface area contributed by atoms with Gasteiger partial charge in [-0.1, -0.05) is 15.9 Å². The summed E-state index contributed by atoms with van der Waals surface area (Å²) >= 11 is 3.34. The standard InChI is InChI=1S/C19H18BrN5O3/c1-12-23-17-8-5-14(20)9-16(17)19(27)25(12)22-11-18(26)24-21-10-13-3-6-15(28-2)7-4-13/h3-10,22H,11H2,1-2H3,(H,24,26)/b21-10+. The summed E-state index contributed by atoms with van der Waals surface area (Å²) in [5.74, 6) is 0.793. The molecule has 9 heteroatoms. The SMILES string of the molecule is COc1ccc(/C=N/NC(=O)CNn2c(C)nc3ccc(Br)cc3c2=O)cc1. The number of benzene rings is 2. The molecule has 8 nitrogen and oxygen atoms in total. The van der Waals surface area contributed by atoms with Crippen LogP contribution in [0.4, 0.5) is 0 Å². The van der Waals surface area contributed by atoms with Gasteiger partial charge in [-0.15, -0.1) is 0 Å². The van der Waals surface area contributed by atoms with E-state index in [2.05, 4.69) is 36.9 Å². The Morgan fingerprint density at radius 1 is 1.29 bits per heavy atom. The highest BCUT2D eigenvalue weighted by molar-refractivity contribution is 9.10. The lowest BCUT2D eigenvalue weighted by Crippen LogP contribution is -2.37. The summed E-state index contributed by atoms with van der Waals surface area (Å²) in [4.78, 5) is 29.0. The molecule has 0 atom stereocenters. The number of carbonyl (C=O) groups excluding carboxylic acids is 1. The van der Waals surface area contributed by atoms with E-state index in [4.69, 9.17) is 4.74 Å². The molecule has 144 valence electrons. The number of rotatable bonds is 6. The molecule has 0 radical (unpaired) electrons. The van der Waals surface area contributed by atoms with Gasteiger partial charge in [0.1, 0.15) is 18.1 Å². The van der Waals surface area contributed by atoms with Crippen molar-refractivity contribution in [2.75, 3.05) is 19.1 Å². The Labute approximate surface area is 169 Å². The van der Waals surface area contributed by atoms with Gasteiger partial charge in [0.05, 0.1) is 24.2 Å². The zero-order valence-electron chi connectivity index (χ0n) is 15.3. The fourth-order valence-corrected chi connectivity index (χ4v) is 2.88. The third kappa shape index (κ3) is 4.55. The van der Waals surface area contributed by atoms with Crippen LogP contribution < -0.4 is 21.1 Å². The summed E-state index contributed by atoms with van der Waals surface area (Å²) in [5, 5.41) is 4.35. The number of halogens is 1. The number of ether oxygens (including phenoxy) is 1.